The van der Waals surface area contributed by atoms with E-state index in [1.54, 1.807) is 0 Å². The highest BCUT2D eigenvalue weighted by atomic mass is 19.2. The summed E-state index contributed by atoms with van der Waals surface area (Å²) < 4.78 is 26.8. The van der Waals surface area contributed by atoms with Crippen molar-refractivity contribution in [2.45, 2.75) is 25.8 Å². The first kappa shape index (κ1) is 19.6. The molecule has 0 spiro atoms. The van der Waals surface area contributed by atoms with Crippen LogP contribution in [-0.2, 0) is 6.54 Å². The van der Waals surface area contributed by atoms with Crippen LogP contribution in [0.1, 0.15) is 24.8 Å². The van der Waals surface area contributed by atoms with Gasteiger partial charge >= 0.3 is 0 Å². The Labute approximate surface area is 179 Å². The lowest BCUT2D eigenvalue weighted by atomic mass is 10.1. The Kier molecular flexibility index (Phi) is 5.34. The minimum Gasteiger partial charge on any atom is -0.339 e. The first-order chi connectivity index (χ1) is 15.2. The number of fused-ring (bicyclic) bond motifs is 1. The molecule has 4 aromatic rings. The van der Waals surface area contributed by atoms with Crippen LogP contribution in [0.15, 0.2) is 54.9 Å². The van der Waals surface area contributed by atoms with E-state index in [1.807, 2.05) is 6.07 Å². The predicted molar refractivity (Wildman–Crippen MR) is 118 cm³/mol. The molecule has 5 rings (SSSR count). The van der Waals surface area contributed by atoms with Crippen LogP contribution >= 0.6 is 0 Å². The molecule has 0 amide bonds. The van der Waals surface area contributed by atoms with E-state index in [4.69, 9.17) is 0 Å². The van der Waals surface area contributed by atoms with Crippen LogP contribution in [0, 0.1) is 11.6 Å². The molecule has 2 N–H and O–H groups in total. The third-order valence-corrected chi connectivity index (χ3v) is 5.73. The van der Waals surface area contributed by atoms with E-state index in [0.29, 0.717) is 17.2 Å². The number of benzene rings is 2. The summed E-state index contributed by atoms with van der Waals surface area (Å²) in [4.78, 5) is 14.4. The molecule has 0 bridgehead atoms. The summed E-state index contributed by atoms with van der Waals surface area (Å²) in [6, 6.07) is 14.2. The molecule has 1 saturated heterocycles. The van der Waals surface area contributed by atoms with Crippen LogP contribution in [0.25, 0.3) is 22.3 Å². The van der Waals surface area contributed by atoms with Gasteiger partial charge in [0.25, 0.3) is 0 Å². The van der Waals surface area contributed by atoms with Gasteiger partial charge in [-0.15, -0.1) is 0 Å². The van der Waals surface area contributed by atoms with E-state index in [9.17, 15) is 8.78 Å². The molecule has 0 saturated carbocycles. The van der Waals surface area contributed by atoms with Crippen molar-refractivity contribution in [1.29, 1.82) is 0 Å². The summed E-state index contributed by atoms with van der Waals surface area (Å²) in [6.07, 6.45) is 5.35. The number of nitrogens with zero attached hydrogens (tertiary/aromatic N) is 3. The smallest absolute Gasteiger partial charge is 0.160 e. The van der Waals surface area contributed by atoms with E-state index in [0.717, 1.165) is 35.3 Å². The van der Waals surface area contributed by atoms with Crippen LogP contribution in [0.2, 0.25) is 0 Å². The van der Waals surface area contributed by atoms with Gasteiger partial charge in [-0.2, -0.15) is 0 Å². The number of anilines is 2. The largest absolute Gasteiger partial charge is 0.339 e. The number of H-pyrrole nitrogens is 1. The third-order valence-electron chi connectivity index (χ3n) is 5.73. The topological polar surface area (TPSA) is 56.8 Å². The van der Waals surface area contributed by atoms with E-state index < -0.39 is 11.6 Å². The van der Waals surface area contributed by atoms with Crippen molar-refractivity contribution >= 4 is 22.5 Å². The molecule has 1 fully saturated rings. The fraction of sp³-hybridized carbons (Fsp3) is 0.250. The van der Waals surface area contributed by atoms with Crippen LogP contribution in [-0.4, -0.2) is 32.9 Å². The van der Waals surface area contributed by atoms with Crippen molar-refractivity contribution in [3.05, 3.63) is 72.1 Å². The highest BCUT2D eigenvalue weighted by Crippen LogP contribution is 2.29. The Balaban J connectivity index is 1.38. The highest BCUT2D eigenvalue weighted by Gasteiger charge is 2.13. The first-order valence-corrected chi connectivity index (χ1v) is 10.5. The van der Waals surface area contributed by atoms with Crippen LogP contribution < -0.4 is 5.32 Å². The van der Waals surface area contributed by atoms with Gasteiger partial charge in [-0.05, 0) is 55.3 Å². The Morgan fingerprint density at radius 3 is 2.48 bits per heavy atom. The second-order valence-electron chi connectivity index (χ2n) is 7.96. The van der Waals surface area contributed by atoms with Gasteiger partial charge in [0.15, 0.2) is 11.6 Å². The number of aromatic amines is 1. The molecule has 158 valence electrons. The van der Waals surface area contributed by atoms with E-state index in [1.165, 1.54) is 50.3 Å². The van der Waals surface area contributed by atoms with Crippen LogP contribution in [0.3, 0.4) is 0 Å². The number of nitrogens with one attached hydrogen (secondary N) is 2. The molecular weight excluding hydrogens is 396 g/mol. The zero-order valence-electron chi connectivity index (χ0n) is 17.0. The van der Waals surface area contributed by atoms with Crippen molar-refractivity contribution < 1.29 is 8.78 Å². The van der Waals surface area contributed by atoms with Gasteiger partial charge in [0.1, 0.15) is 17.8 Å². The molecule has 1 aliphatic heterocycles. The summed E-state index contributed by atoms with van der Waals surface area (Å²) in [6.45, 7) is 3.34. The molecule has 2 aromatic heterocycles. The Morgan fingerprint density at radius 2 is 1.71 bits per heavy atom. The van der Waals surface area contributed by atoms with Crippen molar-refractivity contribution in [2.75, 3.05) is 18.4 Å². The van der Waals surface area contributed by atoms with E-state index in [-0.39, 0.29) is 0 Å². The molecule has 2 aromatic carbocycles. The lowest BCUT2D eigenvalue weighted by molar-refractivity contribution is 0.221. The van der Waals surface area contributed by atoms with E-state index >= 15 is 0 Å². The lowest BCUT2D eigenvalue weighted by Crippen LogP contribution is -2.28. The molecule has 1 aliphatic rings. The van der Waals surface area contributed by atoms with Gasteiger partial charge in [-0.3, -0.25) is 4.90 Å². The highest BCUT2D eigenvalue weighted by molar-refractivity contribution is 5.92. The average Bonchev–Trinajstić information content (AvgIpc) is 3.23. The van der Waals surface area contributed by atoms with E-state index in [2.05, 4.69) is 49.4 Å². The van der Waals surface area contributed by atoms with Gasteiger partial charge in [0.05, 0.1) is 5.39 Å². The second-order valence-corrected chi connectivity index (χ2v) is 7.96. The van der Waals surface area contributed by atoms with Gasteiger partial charge in [-0.25, -0.2) is 18.7 Å². The molecule has 0 atom stereocenters. The van der Waals surface area contributed by atoms with Gasteiger partial charge in [-0.1, -0.05) is 30.7 Å². The quantitative estimate of drug-likeness (QED) is 0.440. The number of hydrogen-bond acceptors (Lipinski definition) is 4. The number of aromatic nitrogens is 3. The van der Waals surface area contributed by atoms with Crippen molar-refractivity contribution in [3.8, 4) is 11.3 Å². The summed E-state index contributed by atoms with van der Waals surface area (Å²) >= 11 is 0. The minimum atomic E-state index is -0.908. The number of likely N-dealkylation sites (tertiary alicyclic amines) is 1. The first-order valence-electron chi connectivity index (χ1n) is 10.5. The minimum absolute atomic E-state index is 0.420. The maximum Gasteiger partial charge on any atom is 0.160 e. The molecule has 0 radical (unpaired) electrons. The second kappa shape index (κ2) is 8.43. The molecule has 3 heterocycles. The van der Waals surface area contributed by atoms with Crippen molar-refractivity contribution in [1.82, 2.24) is 19.9 Å². The van der Waals surface area contributed by atoms with Crippen LogP contribution in [0.5, 0.6) is 0 Å². The molecular formula is C24H23F2N5. The van der Waals surface area contributed by atoms with Crippen molar-refractivity contribution in [2.24, 2.45) is 0 Å². The Hall–Kier alpha value is -3.32. The predicted octanol–water partition coefficient (Wildman–Crippen LogP) is 5.63. The molecule has 0 unspecified atom stereocenters. The molecule has 0 aliphatic carbocycles. The third kappa shape index (κ3) is 4.27. The normalized spacial score (nSPS) is 14.8. The molecule has 31 heavy (non-hydrogen) atoms. The number of piperidine rings is 1. The zero-order chi connectivity index (χ0) is 21.2. The lowest BCUT2D eigenvalue weighted by Gasteiger charge is -2.26. The fourth-order valence-electron chi connectivity index (χ4n) is 4.07. The molecule has 7 heteroatoms. The summed E-state index contributed by atoms with van der Waals surface area (Å²) in [7, 11) is 0. The van der Waals surface area contributed by atoms with Gasteiger partial charge < -0.3 is 10.3 Å². The Bertz CT molecular complexity index is 1200. The van der Waals surface area contributed by atoms with Crippen molar-refractivity contribution in [3.63, 3.8) is 0 Å². The van der Waals surface area contributed by atoms with Gasteiger partial charge in [0, 0.05) is 24.0 Å². The summed E-state index contributed by atoms with van der Waals surface area (Å²) in [5.41, 5.74) is 4.38. The summed E-state index contributed by atoms with van der Waals surface area (Å²) in [5.74, 6) is -1.26. The maximum absolute atomic E-state index is 13.5. The monoisotopic (exact) mass is 419 g/mol. The fourth-order valence-corrected chi connectivity index (χ4v) is 4.07. The maximum atomic E-state index is 13.5. The summed E-state index contributed by atoms with van der Waals surface area (Å²) in [5, 5.41) is 3.83. The standard InChI is InChI=1S/C24H23F2N5/c25-20-9-8-18(12-21(20)26)29-23-19-13-22(30-24(19)28-15-27-23)17-6-4-16(5-7-17)14-31-10-2-1-3-11-31/h4-9,12-13,15H,1-3,10-11,14H2,(H2,27,28,29,30). The number of halogens is 2. The van der Waals surface area contributed by atoms with Crippen LogP contribution in [0.4, 0.5) is 20.3 Å². The zero-order valence-corrected chi connectivity index (χ0v) is 17.0. The molecule has 5 nitrogen and oxygen atoms in total. The number of hydrogen-bond donors (Lipinski definition) is 2. The SMILES string of the molecule is Fc1ccc(Nc2ncnc3[nH]c(-c4ccc(CN5CCCCC5)cc4)cc23)cc1F. The Morgan fingerprint density at radius 1 is 0.903 bits per heavy atom. The van der Waals surface area contributed by atoms with Gasteiger partial charge in [0.2, 0.25) is 0 Å². The number of rotatable bonds is 5. The average molecular weight is 419 g/mol.